The molecule has 0 aromatic rings. The molecular formula is C13H21NO4. The van der Waals surface area contributed by atoms with Crippen molar-refractivity contribution in [1.29, 1.82) is 0 Å². The molecule has 0 unspecified atom stereocenters. The number of nitrogens with one attached hydrogen (secondary N) is 1. The van der Waals surface area contributed by atoms with Gasteiger partial charge in [-0.3, -0.25) is 4.79 Å². The largest absolute Gasteiger partial charge is 0.479 e. The Morgan fingerprint density at radius 1 is 1.11 bits per heavy atom. The lowest BCUT2D eigenvalue weighted by Crippen LogP contribution is -2.39. The molecule has 1 saturated carbocycles. The van der Waals surface area contributed by atoms with E-state index in [9.17, 15) is 9.59 Å². The summed E-state index contributed by atoms with van der Waals surface area (Å²) in [5.41, 5.74) is 0.154. The Balaban J connectivity index is 1.90. The summed E-state index contributed by atoms with van der Waals surface area (Å²) in [5.74, 6) is -1.17. The smallest absolute Gasteiger partial charge is 0.332 e. The van der Waals surface area contributed by atoms with Crippen molar-refractivity contribution in [3.63, 3.8) is 0 Å². The van der Waals surface area contributed by atoms with Gasteiger partial charge < -0.3 is 15.2 Å². The van der Waals surface area contributed by atoms with Crippen LogP contribution in [0, 0.1) is 10.8 Å². The van der Waals surface area contributed by atoms with Crippen LogP contribution in [0.25, 0.3) is 0 Å². The zero-order chi connectivity index (χ0) is 13.7. The number of ether oxygens (including phenoxy) is 1. The molecule has 0 spiro atoms. The minimum Gasteiger partial charge on any atom is -0.479 e. The number of carbonyl (C=O) groups excluding carboxylic acids is 1. The maximum absolute atomic E-state index is 12.0. The van der Waals surface area contributed by atoms with Crippen LogP contribution < -0.4 is 5.32 Å². The third kappa shape index (κ3) is 1.90. The van der Waals surface area contributed by atoms with Gasteiger partial charge in [0.25, 0.3) is 0 Å². The number of hydrogen-bond acceptors (Lipinski definition) is 3. The van der Waals surface area contributed by atoms with E-state index in [2.05, 4.69) is 33.0 Å². The fourth-order valence-corrected chi connectivity index (χ4v) is 2.80. The Bertz CT molecular complexity index is 374. The van der Waals surface area contributed by atoms with E-state index < -0.39 is 18.2 Å². The molecule has 102 valence electrons. The minimum absolute atomic E-state index is 0.0768. The summed E-state index contributed by atoms with van der Waals surface area (Å²) < 4.78 is 5.24. The van der Waals surface area contributed by atoms with Crippen molar-refractivity contribution < 1.29 is 19.4 Å². The van der Waals surface area contributed by atoms with Gasteiger partial charge in [-0.25, -0.2) is 4.79 Å². The normalized spacial score (nSPS) is 33.1. The van der Waals surface area contributed by atoms with Gasteiger partial charge in [0, 0.05) is 6.04 Å². The zero-order valence-corrected chi connectivity index (χ0v) is 11.3. The molecule has 1 amide bonds. The van der Waals surface area contributed by atoms with Crippen LogP contribution in [-0.2, 0) is 14.3 Å². The van der Waals surface area contributed by atoms with Crippen LogP contribution in [-0.4, -0.2) is 35.2 Å². The highest BCUT2D eigenvalue weighted by atomic mass is 16.5. The van der Waals surface area contributed by atoms with Crippen LogP contribution >= 0.6 is 0 Å². The van der Waals surface area contributed by atoms with E-state index in [1.54, 1.807) is 0 Å². The van der Waals surface area contributed by atoms with E-state index in [0.717, 1.165) is 0 Å². The second-order valence-corrected chi connectivity index (χ2v) is 6.41. The molecule has 0 radical (unpaired) electrons. The minimum atomic E-state index is -0.989. The molecule has 1 aliphatic carbocycles. The lowest BCUT2D eigenvalue weighted by molar-refractivity contribution is -0.151. The number of carboxylic acid groups (broad SMARTS) is 1. The van der Waals surface area contributed by atoms with Gasteiger partial charge in [-0.05, 0) is 23.7 Å². The summed E-state index contributed by atoms with van der Waals surface area (Å²) in [5, 5.41) is 11.8. The van der Waals surface area contributed by atoms with Crippen molar-refractivity contribution in [2.24, 2.45) is 10.8 Å². The van der Waals surface area contributed by atoms with Gasteiger partial charge in [-0.1, -0.05) is 27.7 Å². The number of hydrogen-bond donors (Lipinski definition) is 2. The average molecular weight is 255 g/mol. The number of amides is 1. The van der Waals surface area contributed by atoms with Gasteiger partial charge in [0.1, 0.15) is 6.10 Å². The van der Waals surface area contributed by atoms with Gasteiger partial charge in [0.2, 0.25) is 5.91 Å². The monoisotopic (exact) mass is 255 g/mol. The Morgan fingerprint density at radius 2 is 1.61 bits per heavy atom. The Kier molecular flexibility index (Phi) is 2.93. The van der Waals surface area contributed by atoms with E-state index in [1.165, 1.54) is 0 Å². The number of carboxylic acids is 1. The molecule has 1 aliphatic heterocycles. The van der Waals surface area contributed by atoms with E-state index in [1.807, 2.05) is 0 Å². The molecule has 2 fully saturated rings. The van der Waals surface area contributed by atoms with Gasteiger partial charge in [-0.2, -0.15) is 0 Å². The van der Waals surface area contributed by atoms with Crippen LogP contribution in [0.5, 0.6) is 0 Å². The lowest BCUT2D eigenvalue weighted by Gasteiger charge is -2.13. The van der Waals surface area contributed by atoms with Gasteiger partial charge in [0.15, 0.2) is 6.10 Å². The molecule has 2 rings (SSSR count). The van der Waals surface area contributed by atoms with E-state index in [-0.39, 0.29) is 22.8 Å². The zero-order valence-electron chi connectivity index (χ0n) is 11.3. The predicted octanol–water partition coefficient (Wildman–Crippen LogP) is 1.17. The van der Waals surface area contributed by atoms with Crippen molar-refractivity contribution in [2.45, 2.75) is 58.8 Å². The summed E-state index contributed by atoms with van der Waals surface area (Å²) in [4.78, 5) is 22.8. The van der Waals surface area contributed by atoms with Gasteiger partial charge in [-0.15, -0.1) is 0 Å². The predicted molar refractivity (Wildman–Crippen MR) is 65.0 cm³/mol. The maximum Gasteiger partial charge on any atom is 0.332 e. The first-order valence-corrected chi connectivity index (χ1v) is 6.36. The van der Waals surface area contributed by atoms with Crippen molar-refractivity contribution in [3.05, 3.63) is 0 Å². The standard InChI is InChI=1S/C13H21NO4/c1-12(2)11(13(12,3)4)14-9(15)7-5-6-8(18-7)10(16)17/h7-8,11H,5-6H2,1-4H3,(H,14,15)(H,16,17)/t7-,8+/m0/s1. The summed E-state index contributed by atoms with van der Waals surface area (Å²) >= 11 is 0. The molecule has 0 aromatic carbocycles. The fraction of sp³-hybridized carbons (Fsp3) is 0.846. The van der Waals surface area contributed by atoms with Crippen molar-refractivity contribution in [1.82, 2.24) is 5.32 Å². The van der Waals surface area contributed by atoms with Crippen molar-refractivity contribution in [3.8, 4) is 0 Å². The molecule has 5 nitrogen and oxygen atoms in total. The third-order valence-electron chi connectivity index (χ3n) is 4.89. The van der Waals surface area contributed by atoms with Gasteiger partial charge in [0.05, 0.1) is 0 Å². The highest BCUT2D eigenvalue weighted by Crippen LogP contribution is 2.62. The van der Waals surface area contributed by atoms with Crippen molar-refractivity contribution in [2.75, 3.05) is 0 Å². The highest BCUT2D eigenvalue weighted by Gasteiger charge is 2.65. The first-order chi connectivity index (χ1) is 8.18. The Morgan fingerprint density at radius 3 is 2.00 bits per heavy atom. The Hall–Kier alpha value is -1.10. The Labute approximate surface area is 107 Å². The quantitative estimate of drug-likeness (QED) is 0.793. The number of carbonyl (C=O) groups is 2. The summed E-state index contributed by atoms with van der Waals surface area (Å²) in [6.07, 6.45) is -0.555. The molecule has 1 saturated heterocycles. The van der Waals surface area contributed by atoms with E-state index in [4.69, 9.17) is 9.84 Å². The number of aliphatic carboxylic acids is 1. The van der Waals surface area contributed by atoms with Crippen molar-refractivity contribution >= 4 is 11.9 Å². The SMILES string of the molecule is CC1(C)C(NC(=O)[C@@H]2CC[C@H](C(=O)O)O2)C1(C)C. The lowest BCUT2D eigenvalue weighted by atomic mass is 10.0. The first kappa shape index (κ1) is 13.3. The van der Waals surface area contributed by atoms with Crippen LogP contribution in [0.1, 0.15) is 40.5 Å². The van der Waals surface area contributed by atoms with E-state index >= 15 is 0 Å². The number of rotatable bonds is 3. The highest BCUT2D eigenvalue weighted by molar-refractivity contribution is 5.83. The third-order valence-corrected chi connectivity index (χ3v) is 4.89. The molecule has 18 heavy (non-hydrogen) atoms. The molecule has 2 aliphatic rings. The van der Waals surface area contributed by atoms with E-state index in [0.29, 0.717) is 12.8 Å². The second-order valence-electron chi connectivity index (χ2n) is 6.41. The van der Waals surface area contributed by atoms with Crippen LogP contribution in [0.3, 0.4) is 0 Å². The van der Waals surface area contributed by atoms with Crippen LogP contribution in [0.15, 0.2) is 0 Å². The van der Waals surface area contributed by atoms with Gasteiger partial charge >= 0.3 is 5.97 Å². The summed E-state index contributed by atoms with van der Waals surface area (Å²) in [6, 6.07) is 0.130. The molecular weight excluding hydrogens is 234 g/mol. The summed E-state index contributed by atoms with van der Waals surface area (Å²) in [7, 11) is 0. The first-order valence-electron chi connectivity index (χ1n) is 6.36. The molecule has 5 heteroatoms. The average Bonchev–Trinajstić information content (AvgIpc) is 2.68. The molecule has 0 bridgehead atoms. The molecule has 2 atom stereocenters. The van der Waals surface area contributed by atoms with Crippen LogP contribution in [0.2, 0.25) is 0 Å². The topological polar surface area (TPSA) is 75.6 Å². The fourth-order valence-electron chi connectivity index (χ4n) is 2.80. The molecule has 0 aromatic heterocycles. The molecule has 2 N–H and O–H groups in total. The summed E-state index contributed by atoms with van der Waals surface area (Å²) in [6.45, 7) is 8.47. The second kappa shape index (κ2) is 3.95. The van der Waals surface area contributed by atoms with Crippen LogP contribution in [0.4, 0.5) is 0 Å². The molecule has 1 heterocycles. The maximum atomic E-state index is 12.0.